The summed E-state index contributed by atoms with van der Waals surface area (Å²) < 4.78 is 37.5. The minimum absolute atomic E-state index is 0.0488. The first-order valence-electron chi connectivity index (χ1n) is 6.94. The molecule has 0 radical (unpaired) electrons. The second kappa shape index (κ2) is 8.86. The van der Waals surface area contributed by atoms with Crippen molar-refractivity contribution in [1.82, 2.24) is 10.3 Å². The molecule has 1 aromatic rings. The van der Waals surface area contributed by atoms with E-state index >= 15 is 0 Å². The monoisotopic (exact) mass is 340 g/mol. The number of rotatable bonds is 8. The molecule has 0 spiro atoms. The fourth-order valence-electron chi connectivity index (χ4n) is 1.70. The third-order valence-corrected chi connectivity index (χ3v) is 4.35. The Labute approximate surface area is 132 Å². The van der Waals surface area contributed by atoms with Gasteiger partial charge in [-0.1, -0.05) is 38.3 Å². The van der Waals surface area contributed by atoms with E-state index in [1.165, 1.54) is 24.6 Å². The molecule has 0 saturated heterocycles. The lowest BCUT2D eigenvalue weighted by atomic mass is 10.2. The van der Waals surface area contributed by atoms with Crippen molar-refractivity contribution < 1.29 is 13.2 Å². The summed E-state index contributed by atoms with van der Waals surface area (Å²) in [6.07, 6.45) is -0.0764. The van der Waals surface area contributed by atoms with Gasteiger partial charge in [0.05, 0.1) is 10.6 Å². The highest BCUT2D eigenvalue weighted by molar-refractivity contribution is 8.00. The highest BCUT2D eigenvalue weighted by atomic mass is 35.5. The molecule has 120 valence electrons. The van der Waals surface area contributed by atoms with E-state index in [1.54, 1.807) is 0 Å². The molecular weight excluding hydrogens is 321 g/mol. The molecule has 1 N–H and O–H groups in total. The molecule has 0 bridgehead atoms. The zero-order chi connectivity index (χ0) is 15.9. The van der Waals surface area contributed by atoms with Crippen LogP contribution in [0.1, 0.15) is 38.7 Å². The number of pyridine rings is 1. The number of halogens is 4. The molecule has 0 aromatic carbocycles. The maximum Gasteiger partial charge on any atom is 0.417 e. The van der Waals surface area contributed by atoms with Crippen LogP contribution in [0.4, 0.5) is 13.2 Å². The fraction of sp³-hybridized carbons (Fsp3) is 0.643. The minimum Gasteiger partial charge on any atom is -0.316 e. The molecule has 2 nitrogen and oxygen atoms in total. The van der Waals surface area contributed by atoms with Crippen LogP contribution in [0.2, 0.25) is 5.02 Å². The maximum absolute atomic E-state index is 12.5. The van der Waals surface area contributed by atoms with Crippen LogP contribution >= 0.6 is 23.4 Å². The van der Waals surface area contributed by atoms with Crippen LogP contribution in [0, 0.1) is 0 Å². The zero-order valence-corrected chi connectivity index (χ0v) is 13.7. The Balaban J connectivity index is 2.47. The molecule has 0 saturated carbocycles. The number of nitrogens with zero attached hydrogens (tertiary/aromatic N) is 1. The number of hydrogen-bond donors (Lipinski definition) is 1. The summed E-state index contributed by atoms with van der Waals surface area (Å²) in [5, 5.41) is 4.00. The van der Waals surface area contributed by atoms with Gasteiger partial charge in [0.15, 0.2) is 0 Å². The Kier molecular flexibility index (Phi) is 7.84. The second-order valence-corrected chi connectivity index (χ2v) is 6.68. The molecule has 0 fully saturated rings. The molecule has 7 heteroatoms. The molecule has 1 rings (SSSR count). The first-order valence-corrected chi connectivity index (χ1v) is 8.20. The standard InChI is InChI=1S/C14H20ClF3N2S/c1-3-4-5-6-19-8-10(2)21-13-12(15)7-11(9-20-13)14(16,17)18/h7,9-10,19H,3-6,8H2,1-2H3. The van der Waals surface area contributed by atoms with E-state index in [-0.39, 0.29) is 10.3 Å². The number of alkyl halides is 3. The van der Waals surface area contributed by atoms with Gasteiger partial charge in [-0.15, -0.1) is 11.8 Å². The number of unbranched alkanes of at least 4 members (excludes halogenated alkanes) is 2. The SMILES string of the molecule is CCCCCNCC(C)Sc1ncc(C(F)(F)F)cc1Cl. The van der Waals surface area contributed by atoms with Gasteiger partial charge >= 0.3 is 6.18 Å². The van der Waals surface area contributed by atoms with Gasteiger partial charge in [-0.2, -0.15) is 13.2 Å². The van der Waals surface area contributed by atoms with Crippen molar-refractivity contribution in [1.29, 1.82) is 0 Å². The van der Waals surface area contributed by atoms with Gasteiger partial charge in [-0.05, 0) is 19.0 Å². The molecule has 1 heterocycles. The van der Waals surface area contributed by atoms with Crippen molar-refractivity contribution >= 4 is 23.4 Å². The fourth-order valence-corrected chi connectivity index (χ4v) is 2.87. The van der Waals surface area contributed by atoms with E-state index in [9.17, 15) is 13.2 Å². The summed E-state index contributed by atoms with van der Waals surface area (Å²) >= 11 is 7.26. The van der Waals surface area contributed by atoms with Crippen molar-refractivity contribution in [3.8, 4) is 0 Å². The molecule has 0 aliphatic heterocycles. The lowest BCUT2D eigenvalue weighted by molar-refractivity contribution is -0.137. The average molecular weight is 341 g/mol. The van der Waals surface area contributed by atoms with Crippen LogP contribution in [-0.4, -0.2) is 23.3 Å². The lowest BCUT2D eigenvalue weighted by Gasteiger charge is -2.13. The van der Waals surface area contributed by atoms with Crippen molar-refractivity contribution in [2.24, 2.45) is 0 Å². The Morgan fingerprint density at radius 1 is 1.38 bits per heavy atom. The van der Waals surface area contributed by atoms with Crippen molar-refractivity contribution in [2.75, 3.05) is 13.1 Å². The molecule has 0 aliphatic carbocycles. The van der Waals surface area contributed by atoms with E-state index in [1.807, 2.05) is 6.92 Å². The highest BCUT2D eigenvalue weighted by Crippen LogP contribution is 2.34. The Morgan fingerprint density at radius 2 is 2.10 bits per heavy atom. The average Bonchev–Trinajstić information content (AvgIpc) is 2.39. The number of hydrogen-bond acceptors (Lipinski definition) is 3. The van der Waals surface area contributed by atoms with Crippen molar-refractivity contribution in [3.63, 3.8) is 0 Å². The van der Waals surface area contributed by atoms with E-state index in [0.29, 0.717) is 5.03 Å². The van der Waals surface area contributed by atoms with Gasteiger partial charge in [0, 0.05) is 18.0 Å². The summed E-state index contributed by atoms with van der Waals surface area (Å²) in [4.78, 5) is 3.83. The summed E-state index contributed by atoms with van der Waals surface area (Å²) in [5.41, 5.74) is -0.817. The van der Waals surface area contributed by atoms with Crippen LogP contribution in [0.15, 0.2) is 17.3 Å². The molecular formula is C14H20ClF3N2S. The predicted octanol–water partition coefficient (Wildman–Crippen LogP) is 5.01. The van der Waals surface area contributed by atoms with Crippen LogP contribution in [-0.2, 0) is 6.18 Å². The lowest BCUT2D eigenvalue weighted by Crippen LogP contribution is -2.23. The highest BCUT2D eigenvalue weighted by Gasteiger charge is 2.31. The topological polar surface area (TPSA) is 24.9 Å². The Morgan fingerprint density at radius 3 is 2.67 bits per heavy atom. The molecule has 0 aliphatic rings. The summed E-state index contributed by atoms with van der Waals surface area (Å²) in [6, 6.07) is 0.929. The Bertz CT molecular complexity index is 441. The van der Waals surface area contributed by atoms with Gasteiger partial charge in [0.25, 0.3) is 0 Å². The minimum atomic E-state index is -4.41. The second-order valence-electron chi connectivity index (χ2n) is 4.85. The normalized spacial score (nSPS) is 13.4. The zero-order valence-electron chi connectivity index (χ0n) is 12.1. The largest absolute Gasteiger partial charge is 0.417 e. The molecule has 21 heavy (non-hydrogen) atoms. The van der Waals surface area contributed by atoms with E-state index in [4.69, 9.17) is 11.6 Å². The van der Waals surface area contributed by atoms with Crippen LogP contribution < -0.4 is 5.32 Å². The molecule has 1 unspecified atom stereocenters. The first-order chi connectivity index (χ1) is 9.84. The van der Waals surface area contributed by atoms with Gasteiger partial charge in [0.1, 0.15) is 5.03 Å². The van der Waals surface area contributed by atoms with E-state index in [2.05, 4.69) is 17.2 Å². The number of aromatic nitrogens is 1. The van der Waals surface area contributed by atoms with Crippen molar-refractivity contribution in [3.05, 3.63) is 22.8 Å². The van der Waals surface area contributed by atoms with Crippen LogP contribution in [0.25, 0.3) is 0 Å². The van der Waals surface area contributed by atoms with Gasteiger partial charge < -0.3 is 5.32 Å². The summed E-state index contributed by atoms with van der Waals surface area (Å²) in [5.74, 6) is 0. The summed E-state index contributed by atoms with van der Waals surface area (Å²) in [7, 11) is 0. The van der Waals surface area contributed by atoms with Gasteiger partial charge in [-0.3, -0.25) is 0 Å². The van der Waals surface area contributed by atoms with Gasteiger partial charge in [0.2, 0.25) is 0 Å². The third kappa shape index (κ3) is 6.89. The Hall–Kier alpha value is -0.460. The van der Waals surface area contributed by atoms with E-state index < -0.39 is 11.7 Å². The predicted molar refractivity (Wildman–Crippen MR) is 82.0 cm³/mol. The van der Waals surface area contributed by atoms with E-state index in [0.717, 1.165) is 31.8 Å². The smallest absolute Gasteiger partial charge is 0.316 e. The first kappa shape index (κ1) is 18.6. The van der Waals surface area contributed by atoms with Crippen LogP contribution in [0.5, 0.6) is 0 Å². The number of nitrogens with one attached hydrogen (secondary N) is 1. The molecule has 0 amide bonds. The van der Waals surface area contributed by atoms with Gasteiger partial charge in [-0.25, -0.2) is 4.98 Å². The molecule has 1 atom stereocenters. The quantitative estimate of drug-likeness (QED) is 0.531. The third-order valence-electron chi connectivity index (χ3n) is 2.84. The van der Waals surface area contributed by atoms with Crippen molar-refractivity contribution in [2.45, 2.75) is 49.6 Å². The van der Waals surface area contributed by atoms with Crippen LogP contribution in [0.3, 0.4) is 0 Å². The summed E-state index contributed by atoms with van der Waals surface area (Å²) in [6.45, 7) is 5.87. The maximum atomic E-state index is 12.5. The molecule has 1 aromatic heterocycles. The number of thioether (sulfide) groups is 1.